The summed E-state index contributed by atoms with van der Waals surface area (Å²) >= 11 is 0. The van der Waals surface area contributed by atoms with Gasteiger partial charge >= 0.3 is 0 Å². The van der Waals surface area contributed by atoms with Crippen LogP contribution < -0.4 is 10.0 Å². The van der Waals surface area contributed by atoms with Gasteiger partial charge in [-0.05, 0) is 13.0 Å². The molecule has 5 nitrogen and oxygen atoms in total. The third-order valence-corrected chi connectivity index (χ3v) is 3.57. The minimum absolute atomic E-state index is 0.290. The molecule has 0 unspecified atom stereocenters. The summed E-state index contributed by atoms with van der Waals surface area (Å²) in [7, 11) is -2.42. The molecule has 0 fully saturated rings. The zero-order valence-corrected chi connectivity index (χ0v) is 11.2. The Kier molecular flexibility index (Phi) is 7.77. The smallest absolute Gasteiger partial charge is 0.279 e. The zero-order chi connectivity index (χ0) is 13.5. The number of halogens is 2. The van der Waals surface area contributed by atoms with Gasteiger partial charge in [-0.1, -0.05) is 13.8 Å². The molecule has 0 aliphatic carbocycles. The van der Waals surface area contributed by atoms with Crippen molar-refractivity contribution in [3.05, 3.63) is 0 Å². The average Bonchev–Trinajstić information content (AvgIpc) is 2.21. The number of hydrogen-bond donors (Lipinski definition) is 2. The maximum atomic E-state index is 11.9. The predicted molar refractivity (Wildman–Crippen MR) is 63.3 cm³/mol. The molecular formula is C9H21F2N3O2S. The highest BCUT2D eigenvalue weighted by atomic mass is 32.2. The van der Waals surface area contributed by atoms with Crippen LogP contribution in [-0.2, 0) is 10.2 Å². The molecule has 0 saturated heterocycles. The van der Waals surface area contributed by atoms with E-state index in [1.165, 1.54) is 7.05 Å². The number of nitrogens with zero attached hydrogens (tertiary/aromatic N) is 1. The van der Waals surface area contributed by atoms with Crippen LogP contribution in [0.2, 0.25) is 0 Å². The molecule has 17 heavy (non-hydrogen) atoms. The Bertz CT molecular complexity index is 297. The molecule has 0 bridgehead atoms. The van der Waals surface area contributed by atoms with Gasteiger partial charge in [0, 0.05) is 19.6 Å². The predicted octanol–water partition coefficient (Wildman–Crippen LogP) is 0.406. The summed E-state index contributed by atoms with van der Waals surface area (Å²) in [5.74, 6) is 0. The first-order valence-corrected chi connectivity index (χ1v) is 6.92. The molecule has 0 aliphatic heterocycles. The molecule has 0 amide bonds. The highest BCUT2D eigenvalue weighted by molar-refractivity contribution is 7.87. The fourth-order valence-corrected chi connectivity index (χ4v) is 2.02. The lowest BCUT2D eigenvalue weighted by atomic mass is 10.3. The van der Waals surface area contributed by atoms with Crippen LogP contribution in [0.5, 0.6) is 0 Å². The molecule has 0 heterocycles. The zero-order valence-electron chi connectivity index (χ0n) is 10.4. The lowest BCUT2D eigenvalue weighted by Crippen LogP contribution is -2.41. The van der Waals surface area contributed by atoms with Crippen molar-refractivity contribution in [1.29, 1.82) is 0 Å². The van der Waals surface area contributed by atoms with Crippen molar-refractivity contribution in [3.63, 3.8) is 0 Å². The molecular weight excluding hydrogens is 252 g/mol. The van der Waals surface area contributed by atoms with E-state index in [0.717, 1.165) is 4.31 Å². The fourth-order valence-electron chi connectivity index (χ4n) is 1.09. The topological polar surface area (TPSA) is 61.4 Å². The van der Waals surface area contributed by atoms with Gasteiger partial charge in [0.2, 0.25) is 0 Å². The van der Waals surface area contributed by atoms with Crippen LogP contribution in [0.1, 0.15) is 20.3 Å². The second-order valence-corrected chi connectivity index (χ2v) is 5.89. The van der Waals surface area contributed by atoms with Gasteiger partial charge in [-0.15, -0.1) is 0 Å². The van der Waals surface area contributed by atoms with Gasteiger partial charge in [0.05, 0.1) is 6.54 Å². The van der Waals surface area contributed by atoms with Crippen LogP contribution in [0.15, 0.2) is 0 Å². The maximum Gasteiger partial charge on any atom is 0.279 e. The monoisotopic (exact) mass is 273 g/mol. The van der Waals surface area contributed by atoms with E-state index in [0.29, 0.717) is 19.0 Å². The summed E-state index contributed by atoms with van der Waals surface area (Å²) in [5, 5.41) is 3.14. The molecule has 2 N–H and O–H groups in total. The molecule has 8 heteroatoms. The molecule has 0 rings (SSSR count). The third-order valence-electron chi connectivity index (χ3n) is 2.03. The van der Waals surface area contributed by atoms with Crippen molar-refractivity contribution in [2.45, 2.75) is 32.7 Å². The van der Waals surface area contributed by atoms with Gasteiger partial charge in [0.25, 0.3) is 16.6 Å². The first kappa shape index (κ1) is 16.7. The van der Waals surface area contributed by atoms with Crippen molar-refractivity contribution < 1.29 is 17.2 Å². The van der Waals surface area contributed by atoms with Crippen LogP contribution in [0.25, 0.3) is 0 Å². The lowest BCUT2D eigenvalue weighted by molar-refractivity contribution is 0.152. The molecule has 0 spiro atoms. The van der Waals surface area contributed by atoms with Gasteiger partial charge in [0.15, 0.2) is 0 Å². The van der Waals surface area contributed by atoms with E-state index in [1.54, 1.807) is 0 Å². The van der Waals surface area contributed by atoms with E-state index in [4.69, 9.17) is 0 Å². The molecule has 0 aromatic heterocycles. The van der Waals surface area contributed by atoms with E-state index in [1.807, 2.05) is 18.6 Å². The van der Waals surface area contributed by atoms with Crippen molar-refractivity contribution in [1.82, 2.24) is 14.3 Å². The Balaban J connectivity index is 3.91. The molecule has 0 radical (unpaired) electrons. The van der Waals surface area contributed by atoms with Crippen molar-refractivity contribution in [2.24, 2.45) is 0 Å². The van der Waals surface area contributed by atoms with Crippen LogP contribution in [0, 0.1) is 0 Å². The largest absolute Gasteiger partial charge is 0.314 e. The van der Waals surface area contributed by atoms with E-state index in [9.17, 15) is 17.2 Å². The summed E-state index contributed by atoms with van der Waals surface area (Å²) in [6, 6.07) is 0.342. The quantitative estimate of drug-likeness (QED) is 0.598. The number of rotatable bonds is 9. The molecule has 0 aromatic rings. The van der Waals surface area contributed by atoms with E-state index in [-0.39, 0.29) is 6.54 Å². The van der Waals surface area contributed by atoms with Crippen molar-refractivity contribution in [3.8, 4) is 0 Å². The normalized spacial score (nSPS) is 12.9. The van der Waals surface area contributed by atoms with Crippen LogP contribution in [0.3, 0.4) is 0 Å². The van der Waals surface area contributed by atoms with Gasteiger partial charge in [0.1, 0.15) is 0 Å². The Morgan fingerprint density at radius 3 is 2.35 bits per heavy atom. The van der Waals surface area contributed by atoms with E-state index >= 15 is 0 Å². The summed E-state index contributed by atoms with van der Waals surface area (Å²) in [6.07, 6.45) is -2.05. The average molecular weight is 273 g/mol. The van der Waals surface area contributed by atoms with E-state index < -0.39 is 23.2 Å². The number of nitrogens with one attached hydrogen (secondary N) is 2. The summed E-state index contributed by atoms with van der Waals surface area (Å²) in [4.78, 5) is 0. The Labute approximate surface area is 102 Å². The van der Waals surface area contributed by atoms with Crippen LogP contribution in [0.4, 0.5) is 8.78 Å². The van der Waals surface area contributed by atoms with Gasteiger partial charge in [-0.3, -0.25) is 0 Å². The van der Waals surface area contributed by atoms with Crippen molar-refractivity contribution >= 4 is 10.2 Å². The fraction of sp³-hybridized carbons (Fsp3) is 1.00. The second-order valence-electron chi connectivity index (χ2n) is 4.03. The Hall–Kier alpha value is -0.310. The van der Waals surface area contributed by atoms with Gasteiger partial charge in [-0.2, -0.15) is 17.4 Å². The van der Waals surface area contributed by atoms with Crippen LogP contribution in [-0.4, -0.2) is 51.9 Å². The van der Waals surface area contributed by atoms with Crippen molar-refractivity contribution in [2.75, 3.05) is 26.7 Å². The highest BCUT2D eigenvalue weighted by Crippen LogP contribution is 1.97. The Morgan fingerprint density at radius 2 is 1.88 bits per heavy atom. The SMILES string of the molecule is CC(C)NCCCN(C)S(=O)(=O)NCC(F)F. The number of alkyl halides is 2. The molecule has 0 saturated carbocycles. The first-order valence-electron chi connectivity index (χ1n) is 5.48. The lowest BCUT2D eigenvalue weighted by Gasteiger charge is -2.18. The third kappa shape index (κ3) is 8.42. The van der Waals surface area contributed by atoms with Gasteiger partial charge in [-0.25, -0.2) is 8.78 Å². The molecule has 0 atom stereocenters. The molecule has 0 aromatic carbocycles. The standard InChI is InChI=1S/C9H21F2N3O2S/c1-8(2)12-5-4-6-14(3)17(15,16)13-7-9(10)11/h8-9,12-13H,4-7H2,1-3H3. The number of hydrogen-bond acceptors (Lipinski definition) is 3. The molecule has 0 aliphatic rings. The summed E-state index contributed by atoms with van der Waals surface area (Å²) < 4.78 is 49.5. The summed E-state index contributed by atoms with van der Waals surface area (Å²) in [5.41, 5.74) is 0. The Morgan fingerprint density at radius 1 is 1.29 bits per heavy atom. The van der Waals surface area contributed by atoms with Crippen LogP contribution >= 0.6 is 0 Å². The minimum atomic E-state index is -3.78. The second kappa shape index (κ2) is 7.91. The minimum Gasteiger partial charge on any atom is -0.314 e. The maximum absolute atomic E-state index is 11.9. The molecule has 104 valence electrons. The summed E-state index contributed by atoms with van der Waals surface area (Å²) in [6.45, 7) is 4.11. The first-order chi connectivity index (χ1) is 7.75. The van der Waals surface area contributed by atoms with Gasteiger partial charge < -0.3 is 5.32 Å². The van der Waals surface area contributed by atoms with E-state index in [2.05, 4.69) is 5.32 Å². The highest BCUT2D eigenvalue weighted by Gasteiger charge is 2.18.